The zero-order valence-electron chi connectivity index (χ0n) is 10.2. The van der Waals surface area contributed by atoms with Crippen molar-refractivity contribution in [3.8, 4) is 0 Å². The maximum atomic E-state index is 13.0. The number of benzene rings is 1. The standard InChI is InChI=1S/C12H15FN4O2/c13-8-2-1-3-9(6-8)16-12(18)17-4-5-19-10(7-17)11(14)15/h1-3,6,10H,4-5,7H2,(H3,14,15)(H,16,18). The third kappa shape index (κ3) is 3.41. The fourth-order valence-corrected chi connectivity index (χ4v) is 1.79. The van der Waals surface area contributed by atoms with E-state index < -0.39 is 11.9 Å². The second-order valence-corrected chi connectivity index (χ2v) is 4.20. The number of carbonyl (C=O) groups excluding carboxylic acids is 1. The van der Waals surface area contributed by atoms with Crippen molar-refractivity contribution in [3.05, 3.63) is 30.1 Å². The highest BCUT2D eigenvalue weighted by molar-refractivity contribution is 5.90. The molecule has 2 rings (SSSR count). The van der Waals surface area contributed by atoms with Gasteiger partial charge in [-0.05, 0) is 18.2 Å². The first kappa shape index (κ1) is 13.3. The van der Waals surface area contributed by atoms with Gasteiger partial charge in [0, 0.05) is 12.2 Å². The number of ether oxygens (including phenoxy) is 1. The summed E-state index contributed by atoms with van der Waals surface area (Å²) in [7, 11) is 0. The van der Waals surface area contributed by atoms with E-state index in [2.05, 4.69) is 5.32 Å². The zero-order valence-corrected chi connectivity index (χ0v) is 10.2. The summed E-state index contributed by atoms with van der Waals surface area (Å²) in [5, 5.41) is 9.91. The predicted octanol–water partition coefficient (Wildman–Crippen LogP) is 0.994. The Morgan fingerprint density at radius 2 is 2.37 bits per heavy atom. The van der Waals surface area contributed by atoms with E-state index in [9.17, 15) is 9.18 Å². The third-order valence-electron chi connectivity index (χ3n) is 2.78. The van der Waals surface area contributed by atoms with Crippen molar-refractivity contribution >= 4 is 17.6 Å². The number of nitrogens with zero attached hydrogens (tertiary/aromatic N) is 1. The second-order valence-electron chi connectivity index (χ2n) is 4.20. The van der Waals surface area contributed by atoms with Crippen LogP contribution in [-0.4, -0.2) is 42.6 Å². The summed E-state index contributed by atoms with van der Waals surface area (Å²) in [6.45, 7) is 0.947. The number of nitrogens with two attached hydrogens (primary N) is 1. The Bertz CT molecular complexity index is 494. The van der Waals surface area contributed by atoms with Crippen LogP contribution in [0, 0.1) is 11.2 Å². The normalized spacial score (nSPS) is 19.0. The molecule has 0 saturated carbocycles. The fraction of sp³-hybridized carbons (Fsp3) is 0.333. The number of carbonyl (C=O) groups is 1. The van der Waals surface area contributed by atoms with Crippen molar-refractivity contribution < 1.29 is 13.9 Å². The van der Waals surface area contributed by atoms with Crippen molar-refractivity contribution in [2.24, 2.45) is 5.73 Å². The Morgan fingerprint density at radius 3 is 3.05 bits per heavy atom. The van der Waals surface area contributed by atoms with Gasteiger partial charge < -0.3 is 20.7 Å². The summed E-state index contributed by atoms with van der Waals surface area (Å²) in [6.07, 6.45) is -0.577. The van der Waals surface area contributed by atoms with Gasteiger partial charge in [0.2, 0.25) is 0 Å². The zero-order chi connectivity index (χ0) is 13.8. The van der Waals surface area contributed by atoms with E-state index in [1.165, 1.54) is 23.1 Å². The lowest BCUT2D eigenvalue weighted by atomic mass is 10.2. The monoisotopic (exact) mass is 266 g/mol. The summed E-state index contributed by atoms with van der Waals surface area (Å²) < 4.78 is 18.3. The first-order valence-corrected chi connectivity index (χ1v) is 5.83. The number of hydrogen-bond donors (Lipinski definition) is 3. The van der Waals surface area contributed by atoms with Crippen LogP contribution in [0.4, 0.5) is 14.9 Å². The molecule has 1 heterocycles. The lowest BCUT2D eigenvalue weighted by Crippen LogP contribution is -2.51. The average Bonchev–Trinajstić information content (AvgIpc) is 2.39. The molecule has 2 amide bonds. The molecule has 102 valence electrons. The van der Waals surface area contributed by atoms with Gasteiger partial charge in [0.05, 0.1) is 13.2 Å². The van der Waals surface area contributed by atoms with Gasteiger partial charge in [-0.15, -0.1) is 0 Å². The van der Waals surface area contributed by atoms with E-state index in [4.69, 9.17) is 15.9 Å². The summed E-state index contributed by atoms with van der Waals surface area (Å²) in [5.74, 6) is -0.523. The molecular formula is C12H15FN4O2. The molecule has 1 aromatic carbocycles. The van der Waals surface area contributed by atoms with Crippen LogP contribution < -0.4 is 11.1 Å². The van der Waals surface area contributed by atoms with E-state index in [0.29, 0.717) is 18.8 Å². The van der Waals surface area contributed by atoms with Crippen LogP contribution in [0.3, 0.4) is 0 Å². The number of rotatable bonds is 2. The van der Waals surface area contributed by atoms with Crippen LogP contribution in [0.5, 0.6) is 0 Å². The number of morpholine rings is 1. The number of amides is 2. The molecule has 1 aromatic rings. The predicted molar refractivity (Wildman–Crippen MR) is 68.6 cm³/mol. The topological polar surface area (TPSA) is 91.4 Å². The van der Waals surface area contributed by atoms with Gasteiger partial charge in [-0.1, -0.05) is 6.07 Å². The maximum Gasteiger partial charge on any atom is 0.322 e. The fourth-order valence-electron chi connectivity index (χ4n) is 1.79. The van der Waals surface area contributed by atoms with Crippen LogP contribution in [0.15, 0.2) is 24.3 Å². The van der Waals surface area contributed by atoms with Crippen molar-refractivity contribution in [2.45, 2.75) is 6.10 Å². The SMILES string of the molecule is N=C(N)C1CN(C(=O)Nc2cccc(F)c2)CCO1. The molecule has 4 N–H and O–H groups in total. The Morgan fingerprint density at radius 1 is 1.58 bits per heavy atom. The molecule has 1 aliphatic rings. The van der Waals surface area contributed by atoms with Crippen LogP contribution in [0.1, 0.15) is 0 Å². The number of hydrogen-bond acceptors (Lipinski definition) is 3. The Balaban J connectivity index is 1.98. The van der Waals surface area contributed by atoms with Gasteiger partial charge in [0.1, 0.15) is 17.8 Å². The van der Waals surface area contributed by atoms with Crippen LogP contribution >= 0.6 is 0 Å². The van der Waals surface area contributed by atoms with E-state index in [0.717, 1.165) is 0 Å². The molecular weight excluding hydrogens is 251 g/mol. The molecule has 0 aromatic heterocycles. The molecule has 1 saturated heterocycles. The van der Waals surface area contributed by atoms with Crippen molar-refractivity contribution in [3.63, 3.8) is 0 Å². The summed E-state index contributed by atoms with van der Waals surface area (Å²) in [6, 6.07) is 5.30. The maximum absolute atomic E-state index is 13.0. The van der Waals surface area contributed by atoms with E-state index >= 15 is 0 Å². The minimum absolute atomic E-state index is 0.108. The summed E-state index contributed by atoms with van der Waals surface area (Å²) in [5.41, 5.74) is 5.74. The largest absolute Gasteiger partial charge is 0.385 e. The molecule has 0 radical (unpaired) electrons. The molecule has 7 heteroatoms. The van der Waals surface area contributed by atoms with E-state index in [1.54, 1.807) is 6.07 Å². The molecule has 1 fully saturated rings. The Hall–Kier alpha value is -2.15. The van der Waals surface area contributed by atoms with Gasteiger partial charge in [0.25, 0.3) is 0 Å². The molecule has 6 nitrogen and oxygen atoms in total. The average molecular weight is 266 g/mol. The minimum atomic E-state index is -0.577. The summed E-state index contributed by atoms with van der Waals surface area (Å²) >= 11 is 0. The first-order chi connectivity index (χ1) is 9.06. The quantitative estimate of drug-likeness (QED) is 0.550. The highest BCUT2D eigenvalue weighted by Crippen LogP contribution is 2.12. The molecule has 0 aliphatic carbocycles. The lowest BCUT2D eigenvalue weighted by Gasteiger charge is -2.32. The molecule has 1 aliphatic heterocycles. The van der Waals surface area contributed by atoms with Crippen molar-refractivity contribution in [1.82, 2.24) is 4.90 Å². The van der Waals surface area contributed by atoms with Gasteiger partial charge >= 0.3 is 6.03 Å². The molecule has 1 atom stereocenters. The smallest absolute Gasteiger partial charge is 0.322 e. The van der Waals surface area contributed by atoms with Crippen LogP contribution in [-0.2, 0) is 4.74 Å². The summed E-state index contributed by atoms with van der Waals surface area (Å²) in [4.78, 5) is 13.5. The number of nitrogens with one attached hydrogen (secondary N) is 2. The first-order valence-electron chi connectivity index (χ1n) is 5.83. The molecule has 0 bridgehead atoms. The Labute approximate surface area is 109 Å². The van der Waals surface area contributed by atoms with Crippen molar-refractivity contribution in [2.75, 3.05) is 25.0 Å². The van der Waals surface area contributed by atoms with Crippen molar-refractivity contribution in [1.29, 1.82) is 5.41 Å². The minimum Gasteiger partial charge on any atom is -0.385 e. The number of amidine groups is 1. The van der Waals surface area contributed by atoms with Gasteiger partial charge in [-0.2, -0.15) is 0 Å². The number of urea groups is 1. The van der Waals surface area contributed by atoms with Gasteiger partial charge in [-0.3, -0.25) is 5.41 Å². The number of anilines is 1. The molecule has 0 spiro atoms. The van der Waals surface area contributed by atoms with Crippen LogP contribution in [0.2, 0.25) is 0 Å². The highest BCUT2D eigenvalue weighted by Gasteiger charge is 2.26. The second kappa shape index (κ2) is 5.66. The Kier molecular flexibility index (Phi) is 3.96. The molecule has 19 heavy (non-hydrogen) atoms. The number of halogens is 1. The van der Waals surface area contributed by atoms with Gasteiger partial charge in [0.15, 0.2) is 0 Å². The van der Waals surface area contributed by atoms with E-state index in [1.807, 2.05) is 0 Å². The van der Waals surface area contributed by atoms with Crippen LogP contribution in [0.25, 0.3) is 0 Å². The third-order valence-corrected chi connectivity index (χ3v) is 2.78. The lowest BCUT2D eigenvalue weighted by molar-refractivity contribution is 0.0234. The molecule has 1 unspecified atom stereocenters. The highest BCUT2D eigenvalue weighted by atomic mass is 19.1. The van der Waals surface area contributed by atoms with E-state index in [-0.39, 0.29) is 18.4 Å². The van der Waals surface area contributed by atoms with Gasteiger partial charge in [-0.25, -0.2) is 9.18 Å².